The average Bonchev–Trinajstić information content (AvgIpc) is 3.59. The third-order valence-electron chi connectivity index (χ3n) is 6.97. The molecule has 168 valence electrons. The molecular formula is C26H29FN2O3. The van der Waals surface area contributed by atoms with E-state index < -0.39 is 0 Å². The van der Waals surface area contributed by atoms with Crippen molar-refractivity contribution in [2.45, 2.75) is 62.5 Å². The van der Waals surface area contributed by atoms with Crippen LogP contribution in [0.2, 0.25) is 0 Å². The van der Waals surface area contributed by atoms with Gasteiger partial charge >= 0.3 is 0 Å². The largest absolute Gasteiger partial charge is 0.487 e. The monoisotopic (exact) mass is 436 g/mol. The Kier molecular flexibility index (Phi) is 5.62. The van der Waals surface area contributed by atoms with Crippen LogP contribution in [0.25, 0.3) is 0 Å². The van der Waals surface area contributed by atoms with Gasteiger partial charge in [-0.3, -0.25) is 9.59 Å². The second kappa shape index (κ2) is 8.57. The Hall–Kier alpha value is -2.89. The molecule has 0 aromatic heterocycles. The van der Waals surface area contributed by atoms with Crippen molar-refractivity contribution in [3.05, 3.63) is 65.5 Å². The molecule has 1 unspecified atom stereocenters. The molecule has 2 fully saturated rings. The number of amides is 2. The minimum absolute atomic E-state index is 0.0584. The van der Waals surface area contributed by atoms with Gasteiger partial charge in [-0.2, -0.15) is 0 Å². The van der Waals surface area contributed by atoms with Gasteiger partial charge in [0.05, 0.1) is 6.42 Å². The lowest BCUT2D eigenvalue weighted by Gasteiger charge is -2.47. The normalized spacial score (nSPS) is 21.5. The minimum atomic E-state index is -0.342. The van der Waals surface area contributed by atoms with Crippen LogP contribution in [-0.2, 0) is 16.0 Å². The predicted octanol–water partition coefficient (Wildman–Crippen LogP) is 3.96. The highest BCUT2D eigenvalue weighted by molar-refractivity contribution is 5.79. The molecule has 2 heterocycles. The van der Waals surface area contributed by atoms with Crippen LogP contribution in [-0.4, -0.2) is 41.4 Å². The molecule has 0 radical (unpaired) electrons. The Bertz CT molecular complexity index is 994. The number of halogens is 1. The first-order chi connectivity index (χ1) is 15.5. The molecule has 2 aromatic rings. The van der Waals surface area contributed by atoms with E-state index in [0.29, 0.717) is 25.6 Å². The third-order valence-corrected chi connectivity index (χ3v) is 6.97. The molecule has 3 aliphatic rings. The van der Waals surface area contributed by atoms with Gasteiger partial charge in [-0.15, -0.1) is 0 Å². The number of nitrogens with one attached hydrogen (secondary N) is 1. The molecule has 2 aliphatic heterocycles. The van der Waals surface area contributed by atoms with Crippen molar-refractivity contribution in [1.82, 2.24) is 10.2 Å². The number of nitrogens with zero attached hydrogens (tertiary/aromatic N) is 1. The van der Waals surface area contributed by atoms with Crippen LogP contribution >= 0.6 is 0 Å². The molecule has 2 aromatic carbocycles. The summed E-state index contributed by atoms with van der Waals surface area (Å²) in [6, 6.07) is 14.5. The number of rotatable bonds is 5. The maximum absolute atomic E-state index is 13.1. The predicted molar refractivity (Wildman–Crippen MR) is 119 cm³/mol. The first kappa shape index (κ1) is 21.0. The van der Waals surface area contributed by atoms with Crippen LogP contribution in [0.1, 0.15) is 55.6 Å². The van der Waals surface area contributed by atoms with Gasteiger partial charge < -0.3 is 15.0 Å². The van der Waals surface area contributed by atoms with Crippen LogP contribution in [0.5, 0.6) is 5.75 Å². The molecule has 5 rings (SSSR count). The fourth-order valence-corrected chi connectivity index (χ4v) is 5.02. The molecular weight excluding hydrogens is 407 g/mol. The van der Waals surface area contributed by atoms with E-state index >= 15 is 0 Å². The van der Waals surface area contributed by atoms with Crippen LogP contribution < -0.4 is 10.1 Å². The molecule has 1 spiro atoms. The SMILES string of the molecule is O=C(CC1CC2(CCN(C(=O)Cc3ccc(F)cc3)CC2)Oc2ccccc21)NC1CC1. The Morgan fingerprint density at radius 2 is 1.78 bits per heavy atom. The third kappa shape index (κ3) is 4.64. The Labute approximate surface area is 187 Å². The molecule has 1 saturated heterocycles. The van der Waals surface area contributed by atoms with Gasteiger partial charge in [0.2, 0.25) is 11.8 Å². The van der Waals surface area contributed by atoms with E-state index in [2.05, 4.69) is 11.4 Å². The number of hydrogen-bond donors (Lipinski definition) is 1. The van der Waals surface area contributed by atoms with Crippen LogP contribution in [0.3, 0.4) is 0 Å². The second-order valence-electron chi connectivity index (χ2n) is 9.45. The zero-order valence-electron chi connectivity index (χ0n) is 18.2. The number of piperidine rings is 1. The fraction of sp³-hybridized carbons (Fsp3) is 0.462. The molecule has 1 aliphatic carbocycles. The highest BCUT2D eigenvalue weighted by Gasteiger charge is 2.44. The summed E-state index contributed by atoms with van der Waals surface area (Å²) in [6.07, 6.45) is 5.22. The summed E-state index contributed by atoms with van der Waals surface area (Å²) in [6.45, 7) is 1.26. The molecule has 5 nitrogen and oxygen atoms in total. The lowest BCUT2D eigenvalue weighted by molar-refractivity contribution is -0.134. The van der Waals surface area contributed by atoms with Gasteiger partial charge in [0.1, 0.15) is 17.2 Å². The van der Waals surface area contributed by atoms with E-state index in [-0.39, 0.29) is 35.6 Å². The van der Waals surface area contributed by atoms with Crippen LogP contribution in [0.15, 0.2) is 48.5 Å². The summed E-state index contributed by atoms with van der Waals surface area (Å²) in [5, 5.41) is 3.12. The maximum atomic E-state index is 13.1. The minimum Gasteiger partial charge on any atom is -0.487 e. The van der Waals surface area contributed by atoms with Crippen molar-refractivity contribution in [2.24, 2.45) is 0 Å². The first-order valence-electron chi connectivity index (χ1n) is 11.6. The van der Waals surface area contributed by atoms with E-state index in [9.17, 15) is 14.0 Å². The van der Waals surface area contributed by atoms with Gasteiger partial charge in [0.25, 0.3) is 0 Å². The van der Waals surface area contributed by atoms with Crippen molar-refractivity contribution in [1.29, 1.82) is 0 Å². The molecule has 1 N–H and O–H groups in total. The maximum Gasteiger partial charge on any atom is 0.226 e. The standard InChI is InChI=1S/C26H29FN2O3/c27-20-7-5-18(6-8-20)15-25(31)29-13-11-26(12-14-29)17-19(16-24(30)28-21-9-10-21)22-3-1-2-4-23(22)32-26/h1-8,19,21H,9-17H2,(H,28,30). The van der Waals surface area contributed by atoms with E-state index in [1.807, 2.05) is 23.1 Å². The lowest BCUT2D eigenvalue weighted by atomic mass is 9.76. The molecule has 32 heavy (non-hydrogen) atoms. The summed E-state index contributed by atoms with van der Waals surface area (Å²) < 4.78 is 19.6. The van der Waals surface area contributed by atoms with Gasteiger partial charge in [-0.1, -0.05) is 30.3 Å². The van der Waals surface area contributed by atoms with E-state index in [0.717, 1.165) is 49.0 Å². The Morgan fingerprint density at radius 1 is 1.06 bits per heavy atom. The summed E-state index contributed by atoms with van der Waals surface area (Å²) in [4.78, 5) is 27.2. The second-order valence-corrected chi connectivity index (χ2v) is 9.45. The molecule has 1 saturated carbocycles. The van der Waals surface area contributed by atoms with Crippen molar-refractivity contribution in [3.8, 4) is 5.75 Å². The molecule has 6 heteroatoms. The fourth-order valence-electron chi connectivity index (χ4n) is 5.02. The summed E-state index contributed by atoms with van der Waals surface area (Å²) in [5.74, 6) is 0.879. The highest BCUT2D eigenvalue weighted by Crippen LogP contribution is 2.46. The molecule has 1 atom stereocenters. The van der Waals surface area contributed by atoms with Crippen molar-refractivity contribution in [2.75, 3.05) is 13.1 Å². The zero-order chi connectivity index (χ0) is 22.1. The summed E-state index contributed by atoms with van der Waals surface area (Å²) in [7, 11) is 0. The van der Waals surface area contributed by atoms with Crippen molar-refractivity contribution >= 4 is 11.8 Å². The van der Waals surface area contributed by atoms with Crippen LogP contribution in [0.4, 0.5) is 4.39 Å². The smallest absolute Gasteiger partial charge is 0.226 e. The highest BCUT2D eigenvalue weighted by atomic mass is 19.1. The van der Waals surface area contributed by atoms with Gasteiger partial charge in [0.15, 0.2) is 0 Å². The summed E-state index contributed by atoms with van der Waals surface area (Å²) in [5.41, 5.74) is 1.59. The quantitative estimate of drug-likeness (QED) is 0.772. The summed E-state index contributed by atoms with van der Waals surface area (Å²) >= 11 is 0. The Morgan fingerprint density at radius 3 is 2.50 bits per heavy atom. The molecule has 0 bridgehead atoms. The number of para-hydroxylation sites is 1. The lowest BCUT2D eigenvalue weighted by Crippen LogP contribution is -2.52. The number of fused-ring (bicyclic) bond motifs is 1. The van der Waals surface area contributed by atoms with Gasteiger partial charge in [-0.25, -0.2) is 4.39 Å². The number of likely N-dealkylation sites (tertiary alicyclic amines) is 1. The van der Waals surface area contributed by atoms with E-state index in [4.69, 9.17) is 4.74 Å². The van der Waals surface area contributed by atoms with Crippen molar-refractivity contribution in [3.63, 3.8) is 0 Å². The number of ether oxygens (including phenoxy) is 1. The van der Waals surface area contributed by atoms with Crippen molar-refractivity contribution < 1.29 is 18.7 Å². The number of carbonyl (C=O) groups excluding carboxylic acids is 2. The van der Waals surface area contributed by atoms with Gasteiger partial charge in [0, 0.05) is 44.3 Å². The van der Waals surface area contributed by atoms with E-state index in [1.165, 1.54) is 12.1 Å². The Balaban J connectivity index is 1.24. The van der Waals surface area contributed by atoms with Crippen LogP contribution in [0, 0.1) is 5.82 Å². The first-order valence-corrected chi connectivity index (χ1v) is 11.6. The van der Waals surface area contributed by atoms with E-state index in [1.54, 1.807) is 12.1 Å². The number of hydrogen-bond acceptors (Lipinski definition) is 3. The zero-order valence-corrected chi connectivity index (χ0v) is 18.2. The topological polar surface area (TPSA) is 58.6 Å². The molecule has 2 amide bonds. The number of carbonyl (C=O) groups is 2. The van der Waals surface area contributed by atoms with Gasteiger partial charge in [-0.05, 0) is 48.6 Å². The number of benzene rings is 2. The average molecular weight is 437 g/mol.